The predicted octanol–water partition coefficient (Wildman–Crippen LogP) is 4.32. The van der Waals surface area contributed by atoms with Gasteiger partial charge in [0.05, 0.1) is 12.8 Å². The largest absolute Gasteiger partial charge is 0.497 e. The van der Waals surface area contributed by atoms with Crippen LogP contribution >= 0.6 is 0 Å². The molecule has 2 aromatic heterocycles. The van der Waals surface area contributed by atoms with Crippen LogP contribution in [0.5, 0.6) is 5.75 Å². The molecule has 9 heteroatoms. The number of carbonyl (C=O) groups is 1. The van der Waals surface area contributed by atoms with Gasteiger partial charge in [0.1, 0.15) is 23.4 Å². The summed E-state index contributed by atoms with van der Waals surface area (Å²) < 4.78 is 20.6. The van der Waals surface area contributed by atoms with Crippen LogP contribution in [0.1, 0.15) is 29.5 Å². The number of hydrogen-bond donors (Lipinski definition) is 2. The monoisotopic (exact) mass is 476 g/mol. The van der Waals surface area contributed by atoms with Gasteiger partial charge in [-0.2, -0.15) is 5.10 Å². The third-order valence-corrected chi connectivity index (χ3v) is 5.87. The highest BCUT2D eigenvalue weighted by atomic mass is 19.1. The molecular formula is C26H29FN6O2. The fourth-order valence-corrected chi connectivity index (χ4v) is 3.88. The van der Waals surface area contributed by atoms with E-state index in [1.54, 1.807) is 31.3 Å². The Bertz CT molecular complexity index is 1270. The average Bonchev–Trinajstić information content (AvgIpc) is 3.51. The Kier molecular flexibility index (Phi) is 7.45. The number of hydrogen-bond acceptors (Lipinski definition) is 4. The Balaban J connectivity index is 1.36. The molecule has 2 aromatic carbocycles. The number of amides is 2. The topological polar surface area (TPSA) is 88.1 Å². The first-order valence-corrected chi connectivity index (χ1v) is 11.4. The number of aromatic amines is 1. The van der Waals surface area contributed by atoms with Crippen molar-refractivity contribution in [3.63, 3.8) is 0 Å². The highest BCUT2D eigenvalue weighted by Gasteiger charge is 2.22. The lowest BCUT2D eigenvalue weighted by molar-refractivity contribution is 0.205. The molecule has 4 rings (SSSR count). The molecule has 0 fully saturated rings. The first-order valence-electron chi connectivity index (χ1n) is 11.4. The molecule has 182 valence electrons. The molecule has 2 N–H and O–H groups in total. The minimum atomic E-state index is -0.405. The lowest BCUT2D eigenvalue weighted by Crippen LogP contribution is -2.41. The maximum Gasteiger partial charge on any atom is 0.317 e. The van der Waals surface area contributed by atoms with Crippen molar-refractivity contribution < 1.29 is 13.9 Å². The van der Waals surface area contributed by atoms with Crippen LogP contribution in [0.2, 0.25) is 0 Å². The minimum Gasteiger partial charge on any atom is -0.497 e. The average molecular weight is 477 g/mol. The summed E-state index contributed by atoms with van der Waals surface area (Å²) in [4.78, 5) is 19.1. The molecule has 0 aliphatic rings. The molecule has 0 radical (unpaired) electrons. The van der Waals surface area contributed by atoms with Gasteiger partial charge in [0.2, 0.25) is 0 Å². The Morgan fingerprint density at radius 1 is 1.23 bits per heavy atom. The number of nitrogens with zero attached hydrogens (tertiary/aromatic N) is 4. The SMILES string of the molecule is COc1ccc(C(NC(=O)N(C)CCCc2cc(-c3cccc(F)c3)n[nH]2)c2nccn2C)cc1. The highest BCUT2D eigenvalue weighted by molar-refractivity contribution is 5.74. The zero-order chi connectivity index (χ0) is 24.8. The maximum absolute atomic E-state index is 13.5. The van der Waals surface area contributed by atoms with Crippen LogP contribution < -0.4 is 10.1 Å². The summed E-state index contributed by atoms with van der Waals surface area (Å²) in [5, 5.41) is 10.4. The second-order valence-corrected chi connectivity index (χ2v) is 8.37. The van der Waals surface area contributed by atoms with Gasteiger partial charge in [-0.15, -0.1) is 0 Å². The number of methoxy groups -OCH3 is 1. The summed E-state index contributed by atoms with van der Waals surface area (Å²) >= 11 is 0. The number of aryl methyl sites for hydroxylation is 2. The maximum atomic E-state index is 13.5. The number of nitrogens with one attached hydrogen (secondary N) is 2. The third-order valence-electron chi connectivity index (χ3n) is 5.87. The summed E-state index contributed by atoms with van der Waals surface area (Å²) in [6, 6.07) is 15.2. The van der Waals surface area contributed by atoms with E-state index in [1.807, 2.05) is 54.2 Å². The van der Waals surface area contributed by atoms with Crippen LogP contribution in [-0.4, -0.2) is 51.4 Å². The molecular weight excluding hydrogens is 447 g/mol. The van der Waals surface area contributed by atoms with Crippen molar-refractivity contribution in [2.45, 2.75) is 18.9 Å². The van der Waals surface area contributed by atoms with Crippen molar-refractivity contribution in [3.05, 3.63) is 89.9 Å². The number of urea groups is 1. The Morgan fingerprint density at radius 2 is 2.03 bits per heavy atom. The van der Waals surface area contributed by atoms with E-state index in [9.17, 15) is 9.18 Å². The third kappa shape index (κ3) is 5.87. The Labute approximate surface area is 203 Å². The van der Waals surface area contributed by atoms with Crippen LogP contribution in [0.25, 0.3) is 11.3 Å². The van der Waals surface area contributed by atoms with E-state index in [4.69, 9.17) is 4.74 Å². The molecule has 1 atom stereocenters. The highest BCUT2D eigenvalue weighted by Crippen LogP contribution is 2.23. The minimum absolute atomic E-state index is 0.195. The first kappa shape index (κ1) is 24.0. The van der Waals surface area contributed by atoms with E-state index in [0.29, 0.717) is 18.7 Å². The Hall–Kier alpha value is -4.14. The van der Waals surface area contributed by atoms with Gasteiger partial charge in [-0.25, -0.2) is 14.2 Å². The fraction of sp³-hybridized carbons (Fsp3) is 0.269. The molecule has 0 spiro atoms. The van der Waals surface area contributed by atoms with Crippen LogP contribution in [-0.2, 0) is 13.5 Å². The number of imidazole rings is 1. The van der Waals surface area contributed by atoms with Gasteiger partial charge in [0.15, 0.2) is 0 Å². The van der Waals surface area contributed by atoms with Crippen molar-refractivity contribution in [1.29, 1.82) is 0 Å². The second-order valence-electron chi connectivity index (χ2n) is 8.37. The molecule has 1 unspecified atom stereocenters. The van der Waals surface area contributed by atoms with Gasteiger partial charge in [-0.3, -0.25) is 5.10 Å². The van der Waals surface area contributed by atoms with Crippen LogP contribution in [0.15, 0.2) is 67.0 Å². The molecule has 35 heavy (non-hydrogen) atoms. The van der Waals surface area contributed by atoms with Gasteiger partial charge < -0.3 is 19.5 Å². The molecule has 8 nitrogen and oxygen atoms in total. The standard InChI is InChI=1S/C26H29FN6O2/c1-32-15-13-28-25(32)24(18-9-11-22(35-3)12-10-18)29-26(34)33(2)14-5-8-21-17-23(31-30-21)19-6-4-7-20(27)16-19/h4,6-7,9-13,15-17,24H,5,8,14H2,1-3H3,(H,29,34)(H,30,31). The lowest BCUT2D eigenvalue weighted by Gasteiger charge is -2.24. The van der Waals surface area contributed by atoms with Gasteiger partial charge in [0, 0.05) is 44.3 Å². The van der Waals surface area contributed by atoms with Gasteiger partial charge in [-0.05, 0) is 48.7 Å². The summed E-state index contributed by atoms with van der Waals surface area (Å²) in [7, 11) is 5.29. The van der Waals surface area contributed by atoms with E-state index < -0.39 is 6.04 Å². The zero-order valence-corrected chi connectivity index (χ0v) is 20.0. The number of benzene rings is 2. The van der Waals surface area contributed by atoms with Crippen molar-refractivity contribution in [2.75, 3.05) is 20.7 Å². The van der Waals surface area contributed by atoms with Gasteiger partial charge in [0.25, 0.3) is 0 Å². The normalized spacial score (nSPS) is 11.8. The first-order chi connectivity index (χ1) is 16.9. The Morgan fingerprint density at radius 3 is 2.71 bits per heavy atom. The summed E-state index contributed by atoms with van der Waals surface area (Å²) in [5.41, 5.74) is 3.26. The zero-order valence-electron chi connectivity index (χ0n) is 20.0. The number of ether oxygens (including phenoxy) is 1. The molecule has 0 aliphatic carbocycles. The van der Waals surface area contributed by atoms with Crippen LogP contribution in [0, 0.1) is 5.82 Å². The predicted molar refractivity (Wildman–Crippen MR) is 132 cm³/mol. The molecule has 2 amide bonds. The second kappa shape index (κ2) is 10.9. The van der Waals surface area contributed by atoms with Crippen LogP contribution in [0.4, 0.5) is 9.18 Å². The van der Waals surface area contributed by atoms with E-state index in [0.717, 1.165) is 34.8 Å². The van der Waals surface area contributed by atoms with Gasteiger partial charge in [-0.1, -0.05) is 24.3 Å². The van der Waals surface area contributed by atoms with Crippen molar-refractivity contribution in [3.8, 4) is 17.0 Å². The van der Waals surface area contributed by atoms with E-state index in [-0.39, 0.29) is 11.8 Å². The number of halogens is 1. The summed E-state index contributed by atoms with van der Waals surface area (Å²) in [6.45, 7) is 0.552. The number of carbonyl (C=O) groups excluding carboxylic acids is 1. The van der Waals surface area contributed by atoms with Crippen LogP contribution in [0.3, 0.4) is 0 Å². The number of rotatable bonds is 9. The summed E-state index contributed by atoms with van der Waals surface area (Å²) in [5.74, 6) is 1.19. The van der Waals surface area contributed by atoms with Gasteiger partial charge >= 0.3 is 6.03 Å². The fourth-order valence-electron chi connectivity index (χ4n) is 3.88. The smallest absolute Gasteiger partial charge is 0.317 e. The molecule has 0 saturated carbocycles. The molecule has 0 saturated heterocycles. The lowest BCUT2D eigenvalue weighted by atomic mass is 10.1. The number of aromatic nitrogens is 4. The molecule has 0 bridgehead atoms. The number of H-pyrrole nitrogens is 1. The quantitative estimate of drug-likeness (QED) is 0.377. The van der Waals surface area contributed by atoms with E-state index in [1.165, 1.54) is 12.1 Å². The van der Waals surface area contributed by atoms with Crippen molar-refractivity contribution >= 4 is 6.03 Å². The van der Waals surface area contributed by atoms with E-state index >= 15 is 0 Å². The molecule has 4 aromatic rings. The molecule has 2 heterocycles. The summed E-state index contributed by atoms with van der Waals surface area (Å²) in [6.07, 6.45) is 5.01. The van der Waals surface area contributed by atoms with Crippen molar-refractivity contribution in [1.82, 2.24) is 30.0 Å². The van der Waals surface area contributed by atoms with Crippen molar-refractivity contribution in [2.24, 2.45) is 7.05 Å². The van der Waals surface area contributed by atoms with E-state index in [2.05, 4.69) is 20.5 Å². The molecule has 0 aliphatic heterocycles.